The first kappa shape index (κ1) is 33.3. The Labute approximate surface area is 236 Å². The van der Waals surface area contributed by atoms with E-state index in [4.69, 9.17) is 16.4 Å². The molecule has 0 unspecified atom stereocenters. The van der Waals surface area contributed by atoms with Gasteiger partial charge in [0.25, 0.3) is 5.91 Å². The summed E-state index contributed by atoms with van der Waals surface area (Å²) in [7, 11) is -2.04. The Hall–Kier alpha value is -2.94. The van der Waals surface area contributed by atoms with E-state index in [0.717, 1.165) is 25.9 Å². The number of halogens is 4. The van der Waals surface area contributed by atoms with Crippen molar-refractivity contribution in [2.24, 2.45) is 0 Å². The first-order valence-corrected chi connectivity index (χ1v) is 14.4. The molecule has 1 saturated heterocycles. The number of hydrogen-bond donors (Lipinski definition) is 3. The van der Waals surface area contributed by atoms with Gasteiger partial charge in [-0.25, -0.2) is 26.3 Å². The number of anilines is 1. The lowest BCUT2D eigenvalue weighted by molar-refractivity contribution is -0.109. The second-order valence-corrected chi connectivity index (χ2v) is 11.0. The standard InChI is InChI=1S/C20H22ClF3N4O3S.C3H7NO.C2H4O/c1-27-7-4-11(5-8-27)26-32(30,31)19-15-3-2-6-28(15)18(16(19)21)20(29)25-12-9-13(22)17(24)14(23)10-12;1-2-4-3-5;1-2-3/h9-11,26H,2-8H2,1H3,(H,25,29);3H,2H2,1H3,(H,4,5);2H,1H3. The highest BCUT2D eigenvalue weighted by Gasteiger charge is 2.36. The van der Waals surface area contributed by atoms with Crippen molar-refractivity contribution in [3.8, 4) is 0 Å². The van der Waals surface area contributed by atoms with Gasteiger partial charge in [-0.1, -0.05) is 11.6 Å². The number of fused-ring (bicyclic) bond motifs is 1. The minimum absolute atomic E-state index is 0.118. The third-order valence-corrected chi connectivity index (χ3v) is 8.21. The van der Waals surface area contributed by atoms with Crippen LogP contribution in [0.25, 0.3) is 0 Å². The van der Waals surface area contributed by atoms with Crippen LogP contribution in [0.2, 0.25) is 5.02 Å². The molecule has 10 nitrogen and oxygen atoms in total. The molecule has 1 aromatic heterocycles. The SMILES string of the molecule is CC=O.CCNC=O.CN1CCC(NS(=O)(=O)c2c(Cl)c(C(=O)Nc3cc(F)c(F)c(F)c3)n3c2CCC3)CC1. The van der Waals surface area contributed by atoms with Crippen LogP contribution in [-0.4, -0.2) is 69.2 Å². The molecule has 1 aromatic carbocycles. The third kappa shape index (κ3) is 8.29. The minimum Gasteiger partial charge on any atom is -0.359 e. The van der Waals surface area contributed by atoms with Crippen LogP contribution < -0.4 is 15.4 Å². The van der Waals surface area contributed by atoms with Crippen LogP contribution in [0.1, 0.15) is 49.3 Å². The van der Waals surface area contributed by atoms with Gasteiger partial charge < -0.3 is 24.9 Å². The van der Waals surface area contributed by atoms with E-state index in [0.29, 0.717) is 56.5 Å². The Morgan fingerprint density at radius 2 is 1.70 bits per heavy atom. The van der Waals surface area contributed by atoms with E-state index in [1.54, 1.807) is 0 Å². The molecule has 3 N–H and O–H groups in total. The molecule has 3 heterocycles. The van der Waals surface area contributed by atoms with Crippen LogP contribution in [0.15, 0.2) is 17.0 Å². The van der Waals surface area contributed by atoms with Crippen molar-refractivity contribution >= 4 is 45.9 Å². The molecule has 222 valence electrons. The second kappa shape index (κ2) is 15.2. The summed E-state index contributed by atoms with van der Waals surface area (Å²) < 4.78 is 70.8. The molecule has 2 aliphatic rings. The van der Waals surface area contributed by atoms with E-state index in [9.17, 15) is 31.2 Å². The molecular formula is C25H33ClF3N5O5S. The first-order chi connectivity index (χ1) is 18.9. The molecule has 0 saturated carbocycles. The topological polar surface area (TPSA) is 130 Å². The van der Waals surface area contributed by atoms with Crippen molar-refractivity contribution in [2.75, 3.05) is 32.0 Å². The van der Waals surface area contributed by atoms with Gasteiger partial charge >= 0.3 is 0 Å². The van der Waals surface area contributed by atoms with E-state index in [2.05, 4.69) is 20.3 Å². The fourth-order valence-electron chi connectivity index (χ4n) is 4.31. The normalized spacial score (nSPS) is 15.2. The van der Waals surface area contributed by atoms with Crippen LogP contribution in [0.3, 0.4) is 0 Å². The summed E-state index contributed by atoms with van der Waals surface area (Å²) in [6.07, 6.45) is 3.76. The van der Waals surface area contributed by atoms with Crippen molar-refractivity contribution in [1.29, 1.82) is 0 Å². The van der Waals surface area contributed by atoms with E-state index in [1.807, 2.05) is 14.0 Å². The molecule has 2 aromatic rings. The predicted molar refractivity (Wildman–Crippen MR) is 144 cm³/mol. The molecule has 0 aliphatic carbocycles. The van der Waals surface area contributed by atoms with Gasteiger partial charge in [0.15, 0.2) is 17.5 Å². The van der Waals surface area contributed by atoms with Crippen LogP contribution >= 0.6 is 11.6 Å². The largest absolute Gasteiger partial charge is 0.359 e. The third-order valence-electron chi connectivity index (χ3n) is 6.11. The number of sulfonamides is 1. The molecule has 1 fully saturated rings. The number of amides is 2. The molecule has 15 heteroatoms. The van der Waals surface area contributed by atoms with Crippen molar-refractivity contribution in [3.05, 3.63) is 46.0 Å². The number of aromatic nitrogens is 1. The Morgan fingerprint density at radius 3 is 2.20 bits per heavy atom. The van der Waals surface area contributed by atoms with Crippen LogP contribution in [-0.2, 0) is 32.6 Å². The highest BCUT2D eigenvalue weighted by Crippen LogP contribution is 2.37. The maximum Gasteiger partial charge on any atom is 0.273 e. The van der Waals surface area contributed by atoms with Gasteiger partial charge in [-0.2, -0.15) is 0 Å². The van der Waals surface area contributed by atoms with Gasteiger partial charge in [0, 0.05) is 42.6 Å². The number of carbonyl (C=O) groups is 3. The molecule has 0 spiro atoms. The van der Waals surface area contributed by atoms with Gasteiger partial charge in [0.1, 0.15) is 16.9 Å². The quantitative estimate of drug-likeness (QED) is 0.328. The molecule has 4 rings (SSSR count). The summed E-state index contributed by atoms with van der Waals surface area (Å²) in [5.41, 5.74) is -0.0185. The zero-order chi connectivity index (χ0) is 30.0. The number of carbonyl (C=O) groups excluding carboxylic acids is 3. The minimum atomic E-state index is -4.01. The molecule has 40 heavy (non-hydrogen) atoms. The zero-order valence-electron chi connectivity index (χ0n) is 22.4. The number of aldehydes is 1. The lowest BCUT2D eigenvalue weighted by Gasteiger charge is -2.29. The summed E-state index contributed by atoms with van der Waals surface area (Å²) in [6, 6.07) is 1.03. The average molecular weight is 608 g/mol. The summed E-state index contributed by atoms with van der Waals surface area (Å²) >= 11 is 6.40. The van der Waals surface area contributed by atoms with Gasteiger partial charge in [0.2, 0.25) is 16.4 Å². The van der Waals surface area contributed by atoms with Gasteiger partial charge in [-0.15, -0.1) is 0 Å². The molecule has 0 atom stereocenters. The van der Waals surface area contributed by atoms with E-state index < -0.39 is 33.4 Å². The Bertz CT molecular complexity index is 1290. The highest BCUT2D eigenvalue weighted by molar-refractivity contribution is 7.89. The van der Waals surface area contributed by atoms with Crippen LogP contribution in [0.5, 0.6) is 0 Å². The second-order valence-electron chi connectivity index (χ2n) is 9.01. The van der Waals surface area contributed by atoms with Crippen molar-refractivity contribution in [2.45, 2.75) is 57.0 Å². The number of benzene rings is 1. The fourth-order valence-corrected chi connectivity index (χ4v) is 6.56. The molecular weight excluding hydrogens is 575 g/mol. The van der Waals surface area contributed by atoms with Crippen LogP contribution in [0, 0.1) is 17.5 Å². The first-order valence-electron chi connectivity index (χ1n) is 12.6. The van der Waals surface area contributed by atoms with Crippen molar-refractivity contribution in [3.63, 3.8) is 0 Å². The number of nitrogens with one attached hydrogen (secondary N) is 3. The molecule has 2 aliphatic heterocycles. The summed E-state index contributed by atoms with van der Waals surface area (Å²) in [5, 5.41) is 4.46. The monoisotopic (exact) mass is 607 g/mol. The maximum atomic E-state index is 13.5. The Kier molecular flexibility index (Phi) is 12.6. The smallest absolute Gasteiger partial charge is 0.273 e. The van der Waals surface area contributed by atoms with Gasteiger partial charge in [-0.05, 0) is 59.7 Å². The maximum absolute atomic E-state index is 13.5. The molecule has 2 amide bonds. The fraction of sp³-hybridized carbons (Fsp3) is 0.480. The average Bonchev–Trinajstić information content (AvgIpc) is 3.44. The van der Waals surface area contributed by atoms with E-state index >= 15 is 0 Å². The zero-order valence-corrected chi connectivity index (χ0v) is 24.0. The summed E-state index contributed by atoms with van der Waals surface area (Å²) in [4.78, 5) is 33.0. The highest BCUT2D eigenvalue weighted by atomic mass is 35.5. The lowest BCUT2D eigenvalue weighted by Crippen LogP contribution is -2.43. The lowest BCUT2D eigenvalue weighted by atomic mass is 10.1. The number of piperidine rings is 1. The molecule has 0 radical (unpaired) electrons. The summed E-state index contributed by atoms with van der Waals surface area (Å²) in [6.45, 7) is 5.92. The number of hydrogen-bond acceptors (Lipinski definition) is 6. The van der Waals surface area contributed by atoms with Crippen LogP contribution in [0.4, 0.5) is 18.9 Å². The number of likely N-dealkylation sites (tertiary alicyclic amines) is 1. The van der Waals surface area contributed by atoms with E-state index in [-0.39, 0.29) is 27.3 Å². The van der Waals surface area contributed by atoms with E-state index in [1.165, 1.54) is 11.5 Å². The molecule has 0 bridgehead atoms. The predicted octanol–water partition coefficient (Wildman–Crippen LogP) is 3.09. The number of nitrogens with zero attached hydrogens (tertiary/aromatic N) is 2. The van der Waals surface area contributed by atoms with Crippen molar-refractivity contribution in [1.82, 2.24) is 19.5 Å². The van der Waals surface area contributed by atoms with Crippen molar-refractivity contribution < 1.29 is 36.0 Å². The number of rotatable bonds is 7. The summed E-state index contributed by atoms with van der Waals surface area (Å²) in [5.74, 6) is -5.42. The Morgan fingerprint density at radius 1 is 1.12 bits per heavy atom. The van der Waals surface area contributed by atoms with Gasteiger partial charge in [-0.3, -0.25) is 9.59 Å². The van der Waals surface area contributed by atoms with Gasteiger partial charge in [0.05, 0.1) is 5.02 Å². The Balaban J connectivity index is 0.000000621.